The average Bonchev–Trinajstić information content (AvgIpc) is 2.28. The van der Waals surface area contributed by atoms with E-state index in [9.17, 15) is 4.79 Å². The number of hydrogen-bond acceptors (Lipinski definition) is 3. The van der Waals surface area contributed by atoms with Crippen molar-refractivity contribution < 1.29 is 9.90 Å². The molecular formula is C12H9ClN2O2. The van der Waals surface area contributed by atoms with Crippen LogP contribution < -0.4 is 5.73 Å². The van der Waals surface area contributed by atoms with Crippen molar-refractivity contribution in [2.45, 2.75) is 0 Å². The van der Waals surface area contributed by atoms with Crippen LogP contribution in [0.2, 0.25) is 5.02 Å². The SMILES string of the molecule is Nc1cc(C(=O)O)cnc1-c1cccc(Cl)c1. The van der Waals surface area contributed by atoms with Gasteiger partial charge >= 0.3 is 5.97 Å². The van der Waals surface area contributed by atoms with Crippen molar-refractivity contribution in [2.75, 3.05) is 5.73 Å². The minimum Gasteiger partial charge on any atom is -0.478 e. The van der Waals surface area contributed by atoms with Crippen molar-refractivity contribution in [2.24, 2.45) is 0 Å². The molecule has 5 heteroatoms. The number of pyridine rings is 1. The number of benzene rings is 1. The summed E-state index contributed by atoms with van der Waals surface area (Å²) in [6.07, 6.45) is 1.27. The molecule has 0 bridgehead atoms. The van der Waals surface area contributed by atoms with Gasteiger partial charge in [0, 0.05) is 16.8 Å². The summed E-state index contributed by atoms with van der Waals surface area (Å²) in [5.41, 5.74) is 7.43. The molecular weight excluding hydrogens is 240 g/mol. The Bertz CT molecular complexity index is 584. The second-order valence-electron chi connectivity index (χ2n) is 3.48. The van der Waals surface area contributed by atoms with Crippen LogP contribution >= 0.6 is 11.6 Å². The number of hydrogen-bond donors (Lipinski definition) is 2. The number of carboxylic acid groups (broad SMARTS) is 1. The Balaban J connectivity index is 2.50. The molecule has 2 aromatic rings. The number of nitrogen functional groups attached to an aromatic ring is 1. The fourth-order valence-corrected chi connectivity index (χ4v) is 1.67. The van der Waals surface area contributed by atoms with Crippen molar-refractivity contribution in [3.05, 3.63) is 47.1 Å². The van der Waals surface area contributed by atoms with Crippen LogP contribution in [0.3, 0.4) is 0 Å². The zero-order valence-corrected chi connectivity index (χ0v) is 9.48. The normalized spacial score (nSPS) is 10.2. The van der Waals surface area contributed by atoms with Gasteiger partial charge in [0.25, 0.3) is 0 Å². The number of anilines is 1. The zero-order valence-electron chi connectivity index (χ0n) is 8.72. The molecule has 0 aliphatic heterocycles. The molecule has 0 unspecified atom stereocenters. The Morgan fingerprint density at radius 3 is 2.71 bits per heavy atom. The van der Waals surface area contributed by atoms with E-state index >= 15 is 0 Å². The van der Waals surface area contributed by atoms with Gasteiger partial charge < -0.3 is 10.8 Å². The van der Waals surface area contributed by atoms with Crippen molar-refractivity contribution >= 4 is 23.3 Å². The first-order valence-electron chi connectivity index (χ1n) is 4.82. The van der Waals surface area contributed by atoms with E-state index in [-0.39, 0.29) is 5.56 Å². The first-order valence-corrected chi connectivity index (χ1v) is 5.20. The number of nitrogens with zero attached hydrogens (tertiary/aromatic N) is 1. The fraction of sp³-hybridized carbons (Fsp3) is 0. The number of aromatic nitrogens is 1. The summed E-state index contributed by atoms with van der Waals surface area (Å²) < 4.78 is 0. The van der Waals surface area contributed by atoms with Gasteiger partial charge in [-0.05, 0) is 18.2 Å². The maximum atomic E-state index is 10.7. The van der Waals surface area contributed by atoms with Gasteiger partial charge in [0.2, 0.25) is 0 Å². The largest absolute Gasteiger partial charge is 0.478 e. The summed E-state index contributed by atoms with van der Waals surface area (Å²) in [5.74, 6) is -1.05. The van der Waals surface area contributed by atoms with Gasteiger partial charge in [-0.15, -0.1) is 0 Å². The Morgan fingerprint density at radius 2 is 2.12 bits per heavy atom. The highest BCUT2D eigenvalue weighted by Gasteiger charge is 2.09. The van der Waals surface area contributed by atoms with Crippen molar-refractivity contribution in [3.63, 3.8) is 0 Å². The predicted molar refractivity (Wildman–Crippen MR) is 66.1 cm³/mol. The summed E-state index contributed by atoms with van der Waals surface area (Å²) in [4.78, 5) is 14.8. The average molecular weight is 249 g/mol. The third kappa shape index (κ3) is 2.37. The Hall–Kier alpha value is -2.07. The molecule has 0 saturated carbocycles. The van der Waals surface area contributed by atoms with Crippen LogP contribution in [0.1, 0.15) is 10.4 Å². The maximum absolute atomic E-state index is 10.7. The molecule has 0 atom stereocenters. The second kappa shape index (κ2) is 4.43. The van der Waals surface area contributed by atoms with Gasteiger partial charge in [-0.1, -0.05) is 23.7 Å². The standard InChI is InChI=1S/C12H9ClN2O2/c13-9-3-1-2-7(4-9)11-10(14)5-8(6-15-11)12(16)17/h1-6H,14H2,(H,16,17). The van der Waals surface area contributed by atoms with Gasteiger partial charge in [0.05, 0.1) is 16.9 Å². The first-order chi connectivity index (χ1) is 8.08. The highest BCUT2D eigenvalue weighted by Crippen LogP contribution is 2.26. The summed E-state index contributed by atoms with van der Waals surface area (Å²) in [6.45, 7) is 0. The molecule has 1 aromatic heterocycles. The molecule has 17 heavy (non-hydrogen) atoms. The molecule has 0 amide bonds. The van der Waals surface area contributed by atoms with Crippen LogP contribution in [0.15, 0.2) is 36.5 Å². The first kappa shape index (κ1) is 11.4. The van der Waals surface area contributed by atoms with E-state index in [0.717, 1.165) is 5.56 Å². The minimum atomic E-state index is -1.05. The summed E-state index contributed by atoms with van der Waals surface area (Å²) in [5, 5.41) is 9.37. The number of rotatable bonds is 2. The second-order valence-corrected chi connectivity index (χ2v) is 3.91. The highest BCUT2D eigenvalue weighted by atomic mass is 35.5. The Kier molecular flexibility index (Phi) is 2.97. The highest BCUT2D eigenvalue weighted by molar-refractivity contribution is 6.30. The smallest absolute Gasteiger partial charge is 0.337 e. The topological polar surface area (TPSA) is 76.2 Å². The van der Waals surface area contributed by atoms with Crippen LogP contribution in [-0.2, 0) is 0 Å². The molecule has 0 saturated heterocycles. The monoisotopic (exact) mass is 248 g/mol. The van der Waals surface area contributed by atoms with Gasteiger partial charge in [0.15, 0.2) is 0 Å². The molecule has 0 spiro atoms. The quantitative estimate of drug-likeness (QED) is 0.857. The van der Waals surface area contributed by atoms with Crippen LogP contribution in [0.5, 0.6) is 0 Å². The van der Waals surface area contributed by atoms with Gasteiger partial charge in [0.1, 0.15) is 0 Å². The van der Waals surface area contributed by atoms with E-state index in [4.69, 9.17) is 22.4 Å². The molecule has 0 radical (unpaired) electrons. The Morgan fingerprint density at radius 1 is 1.35 bits per heavy atom. The van der Waals surface area contributed by atoms with Crippen LogP contribution in [0.25, 0.3) is 11.3 Å². The van der Waals surface area contributed by atoms with E-state index in [1.165, 1.54) is 12.3 Å². The molecule has 0 aliphatic carbocycles. The lowest BCUT2D eigenvalue weighted by molar-refractivity contribution is 0.0696. The number of halogens is 1. The zero-order chi connectivity index (χ0) is 12.4. The van der Waals surface area contributed by atoms with Crippen molar-refractivity contribution in [3.8, 4) is 11.3 Å². The van der Waals surface area contributed by atoms with Crippen LogP contribution in [0, 0.1) is 0 Å². The molecule has 0 aliphatic rings. The van der Waals surface area contributed by atoms with E-state index in [0.29, 0.717) is 16.4 Å². The lowest BCUT2D eigenvalue weighted by Crippen LogP contribution is -2.01. The van der Waals surface area contributed by atoms with Crippen LogP contribution in [0.4, 0.5) is 5.69 Å². The molecule has 3 N–H and O–H groups in total. The summed E-state index contributed by atoms with van der Waals surface area (Å²) in [6, 6.07) is 8.44. The third-order valence-corrected chi connectivity index (χ3v) is 2.50. The maximum Gasteiger partial charge on any atom is 0.337 e. The van der Waals surface area contributed by atoms with Gasteiger partial charge in [-0.3, -0.25) is 4.98 Å². The van der Waals surface area contributed by atoms with Gasteiger partial charge in [-0.25, -0.2) is 4.79 Å². The van der Waals surface area contributed by atoms with E-state index < -0.39 is 5.97 Å². The number of aromatic carboxylic acids is 1. The van der Waals surface area contributed by atoms with Crippen molar-refractivity contribution in [1.82, 2.24) is 4.98 Å². The Labute approximate surface area is 103 Å². The molecule has 4 nitrogen and oxygen atoms in total. The third-order valence-electron chi connectivity index (χ3n) is 2.26. The summed E-state index contributed by atoms with van der Waals surface area (Å²) in [7, 11) is 0. The number of carboxylic acids is 1. The predicted octanol–water partition coefficient (Wildman–Crippen LogP) is 2.68. The number of carbonyl (C=O) groups is 1. The van der Waals surface area contributed by atoms with Crippen molar-refractivity contribution in [1.29, 1.82) is 0 Å². The minimum absolute atomic E-state index is 0.0632. The molecule has 1 heterocycles. The van der Waals surface area contributed by atoms with E-state index in [1.807, 2.05) is 6.07 Å². The molecule has 0 fully saturated rings. The fourth-order valence-electron chi connectivity index (χ4n) is 1.48. The number of nitrogens with two attached hydrogens (primary N) is 1. The van der Waals surface area contributed by atoms with Crippen LogP contribution in [-0.4, -0.2) is 16.1 Å². The lowest BCUT2D eigenvalue weighted by atomic mass is 10.1. The molecule has 2 rings (SSSR count). The lowest BCUT2D eigenvalue weighted by Gasteiger charge is -2.06. The van der Waals surface area contributed by atoms with E-state index in [1.54, 1.807) is 18.2 Å². The van der Waals surface area contributed by atoms with E-state index in [2.05, 4.69) is 4.98 Å². The molecule has 1 aromatic carbocycles. The molecule has 86 valence electrons. The van der Waals surface area contributed by atoms with Gasteiger partial charge in [-0.2, -0.15) is 0 Å². The summed E-state index contributed by atoms with van der Waals surface area (Å²) >= 11 is 5.87.